The monoisotopic (exact) mass is 182 g/mol. The molecule has 0 radical (unpaired) electrons. The largest absolute Gasteiger partial charge is 0.390 e. The highest BCUT2D eigenvalue weighted by molar-refractivity contribution is 4.84. The number of rotatable bonds is 5. The van der Waals surface area contributed by atoms with Crippen LogP contribution in [-0.4, -0.2) is 10.7 Å². The Morgan fingerprint density at radius 1 is 1.15 bits per heavy atom. The van der Waals surface area contributed by atoms with Crippen molar-refractivity contribution in [3.8, 4) is 0 Å². The van der Waals surface area contributed by atoms with Gasteiger partial charge >= 0.3 is 0 Å². The van der Waals surface area contributed by atoms with E-state index in [4.69, 9.17) is 0 Å². The summed E-state index contributed by atoms with van der Waals surface area (Å²) in [5.74, 6) is 1.81. The Balaban J connectivity index is 1.66. The fourth-order valence-electron chi connectivity index (χ4n) is 2.34. The number of aliphatic hydroxyl groups is 1. The van der Waals surface area contributed by atoms with Crippen molar-refractivity contribution >= 4 is 0 Å². The summed E-state index contributed by atoms with van der Waals surface area (Å²) in [7, 11) is 0. The van der Waals surface area contributed by atoms with Crippen LogP contribution in [0.3, 0.4) is 0 Å². The zero-order valence-electron chi connectivity index (χ0n) is 8.76. The summed E-state index contributed by atoms with van der Waals surface area (Å²) in [6.45, 7) is 2.04. The Morgan fingerprint density at radius 3 is 2.31 bits per heavy atom. The summed E-state index contributed by atoms with van der Waals surface area (Å²) in [5, 5.41) is 10.1. The summed E-state index contributed by atoms with van der Waals surface area (Å²) < 4.78 is 0. The van der Waals surface area contributed by atoms with Crippen LogP contribution in [0.5, 0.6) is 0 Å². The average Bonchev–Trinajstić information content (AvgIpc) is 2.77. The van der Waals surface area contributed by atoms with Gasteiger partial charge in [0.25, 0.3) is 0 Å². The van der Waals surface area contributed by atoms with E-state index in [0.717, 1.165) is 24.7 Å². The van der Waals surface area contributed by atoms with Crippen molar-refractivity contribution in [3.05, 3.63) is 0 Å². The van der Waals surface area contributed by atoms with Gasteiger partial charge in [0.2, 0.25) is 0 Å². The van der Waals surface area contributed by atoms with Crippen molar-refractivity contribution in [3.63, 3.8) is 0 Å². The molecule has 1 heteroatoms. The second kappa shape index (κ2) is 3.61. The van der Waals surface area contributed by atoms with E-state index in [1.165, 1.54) is 38.5 Å². The molecule has 0 aromatic carbocycles. The van der Waals surface area contributed by atoms with Gasteiger partial charge < -0.3 is 5.11 Å². The van der Waals surface area contributed by atoms with Crippen LogP contribution in [0.25, 0.3) is 0 Å². The molecule has 0 saturated heterocycles. The SMILES string of the molecule is CC(O)(CCC1CC1)CC1CCC1. The summed E-state index contributed by atoms with van der Waals surface area (Å²) in [6, 6.07) is 0. The van der Waals surface area contributed by atoms with Crippen molar-refractivity contribution in [2.45, 2.75) is 63.9 Å². The lowest BCUT2D eigenvalue weighted by Crippen LogP contribution is -2.30. The molecule has 13 heavy (non-hydrogen) atoms. The lowest BCUT2D eigenvalue weighted by molar-refractivity contribution is 0.00964. The van der Waals surface area contributed by atoms with Gasteiger partial charge in [-0.05, 0) is 38.0 Å². The van der Waals surface area contributed by atoms with Gasteiger partial charge in [-0.2, -0.15) is 0 Å². The normalized spacial score (nSPS) is 28.2. The fraction of sp³-hybridized carbons (Fsp3) is 1.00. The zero-order valence-corrected chi connectivity index (χ0v) is 8.76. The minimum atomic E-state index is -0.353. The van der Waals surface area contributed by atoms with E-state index in [-0.39, 0.29) is 5.60 Å². The molecule has 1 atom stereocenters. The van der Waals surface area contributed by atoms with Gasteiger partial charge in [0, 0.05) is 0 Å². The molecule has 2 fully saturated rings. The summed E-state index contributed by atoms with van der Waals surface area (Å²) in [4.78, 5) is 0. The van der Waals surface area contributed by atoms with Gasteiger partial charge in [0.05, 0.1) is 5.60 Å². The highest BCUT2D eigenvalue weighted by Crippen LogP contribution is 2.39. The van der Waals surface area contributed by atoms with Gasteiger partial charge in [0.1, 0.15) is 0 Å². The Bertz CT molecular complexity index is 166. The molecular formula is C12H22O. The van der Waals surface area contributed by atoms with Crippen molar-refractivity contribution < 1.29 is 5.11 Å². The molecule has 76 valence electrons. The lowest BCUT2D eigenvalue weighted by atomic mass is 9.76. The standard InChI is InChI=1S/C12H22O/c1-12(13,8-7-10-5-6-10)9-11-3-2-4-11/h10-11,13H,2-9H2,1H3. The van der Waals surface area contributed by atoms with Gasteiger partial charge in [-0.25, -0.2) is 0 Å². The maximum absolute atomic E-state index is 10.1. The lowest BCUT2D eigenvalue weighted by Gasteiger charge is -2.33. The van der Waals surface area contributed by atoms with Crippen molar-refractivity contribution in [2.24, 2.45) is 11.8 Å². The van der Waals surface area contributed by atoms with E-state index < -0.39 is 0 Å². The van der Waals surface area contributed by atoms with E-state index in [1.807, 2.05) is 6.92 Å². The Labute approximate surface area is 81.5 Å². The Morgan fingerprint density at radius 2 is 1.85 bits per heavy atom. The van der Waals surface area contributed by atoms with Crippen LogP contribution >= 0.6 is 0 Å². The van der Waals surface area contributed by atoms with Gasteiger partial charge in [-0.1, -0.05) is 32.1 Å². The average molecular weight is 182 g/mol. The first kappa shape index (κ1) is 9.51. The molecule has 0 aromatic heterocycles. The van der Waals surface area contributed by atoms with Crippen LogP contribution in [0.2, 0.25) is 0 Å². The van der Waals surface area contributed by atoms with Crippen LogP contribution in [0.1, 0.15) is 58.3 Å². The predicted molar refractivity (Wildman–Crippen MR) is 54.5 cm³/mol. The molecule has 0 spiro atoms. The second-order valence-electron chi connectivity index (χ2n) is 5.48. The summed E-state index contributed by atoms with van der Waals surface area (Å²) >= 11 is 0. The Hall–Kier alpha value is -0.0400. The van der Waals surface area contributed by atoms with Crippen molar-refractivity contribution in [1.82, 2.24) is 0 Å². The van der Waals surface area contributed by atoms with Crippen LogP contribution in [0, 0.1) is 11.8 Å². The molecule has 0 heterocycles. The molecule has 0 aromatic rings. The smallest absolute Gasteiger partial charge is 0.0622 e. The summed E-state index contributed by atoms with van der Waals surface area (Å²) in [6.07, 6.45) is 10.3. The predicted octanol–water partition coefficient (Wildman–Crippen LogP) is 3.12. The molecule has 0 aliphatic heterocycles. The second-order valence-corrected chi connectivity index (χ2v) is 5.48. The van der Waals surface area contributed by atoms with Crippen LogP contribution < -0.4 is 0 Å². The van der Waals surface area contributed by atoms with Gasteiger partial charge in [-0.15, -0.1) is 0 Å². The number of hydrogen-bond donors (Lipinski definition) is 1. The molecule has 1 unspecified atom stereocenters. The van der Waals surface area contributed by atoms with Gasteiger partial charge in [-0.3, -0.25) is 0 Å². The topological polar surface area (TPSA) is 20.2 Å². The third-order valence-electron chi connectivity index (χ3n) is 3.74. The minimum absolute atomic E-state index is 0.353. The maximum atomic E-state index is 10.1. The first-order valence-corrected chi connectivity index (χ1v) is 5.88. The molecule has 0 amide bonds. The molecule has 2 aliphatic carbocycles. The van der Waals surface area contributed by atoms with Crippen LogP contribution in [0.15, 0.2) is 0 Å². The van der Waals surface area contributed by atoms with Crippen LogP contribution in [-0.2, 0) is 0 Å². The minimum Gasteiger partial charge on any atom is -0.390 e. The highest BCUT2D eigenvalue weighted by atomic mass is 16.3. The molecule has 2 rings (SSSR count). The Kier molecular flexibility index (Phi) is 2.64. The molecular weight excluding hydrogens is 160 g/mol. The summed E-state index contributed by atoms with van der Waals surface area (Å²) in [5.41, 5.74) is -0.353. The molecule has 1 nitrogen and oxygen atoms in total. The van der Waals surface area contributed by atoms with E-state index in [9.17, 15) is 5.11 Å². The quantitative estimate of drug-likeness (QED) is 0.692. The van der Waals surface area contributed by atoms with E-state index >= 15 is 0 Å². The molecule has 0 bridgehead atoms. The number of hydrogen-bond acceptors (Lipinski definition) is 1. The van der Waals surface area contributed by atoms with E-state index in [0.29, 0.717) is 0 Å². The zero-order chi connectivity index (χ0) is 9.31. The van der Waals surface area contributed by atoms with Crippen molar-refractivity contribution in [2.75, 3.05) is 0 Å². The molecule has 1 N–H and O–H groups in total. The third kappa shape index (κ3) is 2.98. The maximum Gasteiger partial charge on any atom is 0.0622 e. The van der Waals surface area contributed by atoms with Crippen LogP contribution in [0.4, 0.5) is 0 Å². The third-order valence-corrected chi connectivity index (χ3v) is 3.74. The fourth-order valence-corrected chi connectivity index (χ4v) is 2.34. The first-order valence-electron chi connectivity index (χ1n) is 5.88. The first-order chi connectivity index (χ1) is 6.16. The molecule has 2 saturated carbocycles. The van der Waals surface area contributed by atoms with E-state index in [1.54, 1.807) is 0 Å². The van der Waals surface area contributed by atoms with E-state index in [2.05, 4.69) is 0 Å². The molecule has 2 aliphatic rings. The highest BCUT2D eigenvalue weighted by Gasteiger charge is 2.31. The van der Waals surface area contributed by atoms with Crippen molar-refractivity contribution in [1.29, 1.82) is 0 Å². The van der Waals surface area contributed by atoms with Gasteiger partial charge in [0.15, 0.2) is 0 Å².